The number of benzene rings is 1. The first-order valence-corrected chi connectivity index (χ1v) is 7.67. The van der Waals surface area contributed by atoms with Crippen LogP contribution in [0.1, 0.15) is 19.1 Å². The van der Waals surface area contributed by atoms with Crippen LogP contribution < -0.4 is 20.5 Å². The highest BCUT2D eigenvalue weighted by Crippen LogP contribution is 2.15. The van der Waals surface area contributed by atoms with E-state index in [0.29, 0.717) is 30.3 Å². The van der Waals surface area contributed by atoms with E-state index < -0.39 is 17.9 Å². The van der Waals surface area contributed by atoms with Crippen LogP contribution in [0, 0.1) is 0 Å². The molecule has 128 valence electrons. The molecule has 0 saturated carbocycles. The third-order valence-corrected chi connectivity index (χ3v) is 3.34. The van der Waals surface area contributed by atoms with E-state index in [0.717, 1.165) is 0 Å². The van der Waals surface area contributed by atoms with E-state index >= 15 is 0 Å². The lowest BCUT2D eigenvalue weighted by Gasteiger charge is -2.16. The highest BCUT2D eigenvalue weighted by atomic mass is 16.5. The molecule has 0 aliphatic rings. The largest absolute Gasteiger partial charge is 0.544 e. The first kappa shape index (κ1) is 17.6. The monoisotopic (exact) mass is 332 g/mol. The van der Waals surface area contributed by atoms with Crippen molar-refractivity contribution in [2.45, 2.75) is 25.9 Å². The minimum absolute atomic E-state index is 0.198. The molecule has 0 radical (unpaired) electrons. The fourth-order valence-corrected chi connectivity index (χ4v) is 2.16. The smallest absolute Gasteiger partial charge is 0.230 e. The van der Waals surface area contributed by atoms with Gasteiger partial charge in [0, 0.05) is 5.69 Å². The Bertz CT molecular complexity index is 652. The van der Waals surface area contributed by atoms with Crippen molar-refractivity contribution in [3.8, 4) is 5.75 Å². The molecular weight excluding hydrogens is 312 g/mol. The maximum Gasteiger partial charge on any atom is 0.230 e. The van der Waals surface area contributed by atoms with E-state index in [1.807, 2.05) is 6.92 Å². The van der Waals surface area contributed by atoms with Crippen molar-refractivity contribution in [1.82, 2.24) is 0 Å². The number of hydrogen-bond acceptors (Lipinski definition) is 5. The van der Waals surface area contributed by atoms with Crippen molar-refractivity contribution in [2.75, 3.05) is 11.9 Å². The number of anilines is 1. The molecule has 2 aromatic rings. The summed E-state index contributed by atoms with van der Waals surface area (Å²) in [5.74, 6) is -0.351. The number of hydrogen-bond donors (Lipinski definition) is 2. The zero-order valence-electron chi connectivity index (χ0n) is 13.4. The Kier molecular flexibility index (Phi) is 6.39. The molecule has 0 fully saturated rings. The third kappa shape index (κ3) is 5.44. The van der Waals surface area contributed by atoms with Crippen molar-refractivity contribution in [1.29, 1.82) is 0 Å². The second-order valence-electron chi connectivity index (χ2n) is 5.15. The van der Waals surface area contributed by atoms with E-state index in [-0.39, 0.29) is 6.42 Å². The van der Waals surface area contributed by atoms with Gasteiger partial charge in [-0.05, 0) is 43.3 Å². The molecule has 0 aliphatic heterocycles. The van der Waals surface area contributed by atoms with Gasteiger partial charge < -0.3 is 29.7 Å². The van der Waals surface area contributed by atoms with Gasteiger partial charge in [-0.3, -0.25) is 4.79 Å². The van der Waals surface area contributed by atoms with E-state index in [1.165, 1.54) is 11.6 Å². The van der Waals surface area contributed by atoms with E-state index in [2.05, 4.69) is 5.32 Å². The molecule has 0 spiro atoms. The number of carbonyl (C=O) groups excluding carboxylic acids is 2. The van der Waals surface area contributed by atoms with Crippen LogP contribution in [0.15, 0.2) is 47.1 Å². The standard InChI is InChI=1S/C17H20N2O5/c1-2-23-13-7-5-12(6-8-13)19-16(20)10-15(17(21)22)18-11-14-4-3-9-24-14/h3-9,15,18H,2,10-11H2,1H3,(H,19,20)(H,21,22)/t15-/m0/s1. The maximum atomic E-state index is 12.0. The average molecular weight is 332 g/mol. The number of carbonyl (C=O) groups is 2. The molecule has 1 heterocycles. The van der Waals surface area contributed by atoms with Gasteiger partial charge in [0.25, 0.3) is 0 Å². The highest BCUT2D eigenvalue weighted by Gasteiger charge is 2.19. The van der Waals surface area contributed by atoms with Crippen LogP contribution in [-0.4, -0.2) is 24.5 Å². The molecule has 1 atom stereocenters. The summed E-state index contributed by atoms with van der Waals surface area (Å²) in [4.78, 5) is 23.2. The molecule has 3 N–H and O–H groups in total. The molecule has 0 aliphatic carbocycles. The van der Waals surface area contributed by atoms with Crippen LogP contribution >= 0.6 is 0 Å². The van der Waals surface area contributed by atoms with Gasteiger partial charge in [0.1, 0.15) is 18.3 Å². The Morgan fingerprint density at radius 1 is 1.29 bits per heavy atom. The summed E-state index contributed by atoms with van der Waals surface area (Å²) < 4.78 is 10.5. The Labute approximate surface area is 139 Å². The number of nitrogens with two attached hydrogens (primary N) is 1. The summed E-state index contributed by atoms with van der Waals surface area (Å²) in [6, 6.07) is 9.33. The zero-order valence-corrected chi connectivity index (χ0v) is 13.4. The highest BCUT2D eigenvalue weighted by molar-refractivity contribution is 5.93. The molecule has 2 rings (SSSR count). The quantitative estimate of drug-likeness (QED) is 0.666. The van der Waals surface area contributed by atoms with Gasteiger partial charge in [0.05, 0.1) is 25.3 Å². The number of amides is 1. The molecule has 0 saturated heterocycles. The first-order valence-electron chi connectivity index (χ1n) is 7.67. The van der Waals surface area contributed by atoms with Crippen molar-refractivity contribution in [3.05, 3.63) is 48.4 Å². The number of nitrogens with one attached hydrogen (secondary N) is 1. The Morgan fingerprint density at radius 3 is 2.62 bits per heavy atom. The fraction of sp³-hybridized carbons (Fsp3) is 0.294. The lowest BCUT2D eigenvalue weighted by molar-refractivity contribution is -0.698. The second kappa shape index (κ2) is 8.73. The van der Waals surface area contributed by atoms with Crippen molar-refractivity contribution < 1.29 is 29.2 Å². The third-order valence-electron chi connectivity index (χ3n) is 3.34. The second-order valence-corrected chi connectivity index (χ2v) is 5.15. The summed E-state index contributed by atoms with van der Waals surface area (Å²) in [5.41, 5.74) is 0.576. The van der Waals surface area contributed by atoms with Gasteiger partial charge in [-0.15, -0.1) is 0 Å². The van der Waals surface area contributed by atoms with Gasteiger partial charge in [-0.1, -0.05) is 0 Å². The molecule has 7 nitrogen and oxygen atoms in total. The number of carboxylic acid groups (broad SMARTS) is 1. The lowest BCUT2D eigenvalue weighted by Crippen LogP contribution is -2.92. The number of ether oxygens (including phenoxy) is 1. The summed E-state index contributed by atoms with van der Waals surface area (Å²) in [7, 11) is 0. The van der Waals surface area contributed by atoms with Crippen LogP contribution in [0.25, 0.3) is 0 Å². The van der Waals surface area contributed by atoms with Crippen molar-refractivity contribution >= 4 is 17.6 Å². The van der Waals surface area contributed by atoms with Crippen LogP contribution in [0.4, 0.5) is 5.69 Å². The molecule has 0 bridgehead atoms. The molecule has 24 heavy (non-hydrogen) atoms. The number of furan rings is 1. The number of rotatable bonds is 9. The summed E-state index contributed by atoms with van der Waals surface area (Å²) in [6.45, 7) is 2.77. The van der Waals surface area contributed by atoms with Gasteiger partial charge >= 0.3 is 0 Å². The number of quaternary nitrogens is 1. The summed E-state index contributed by atoms with van der Waals surface area (Å²) >= 11 is 0. The number of carboxylic acids is 1. The zero-order chi connectivity index (χ0) is 17.4. The fourth-order valence-electron chi connectivity index (χ4n) is 2.16. The predicted molar refractivity (Wildman–Crippen MR) is 84.0 cm³/mol. The van der Waals surface area contributed by atoms with Gasteiger partial charge in [0.2, 0.25) is 5.91 Å². The molecule has 1 amide bonds. The minimum atomic E-state index is -1.29. The van der Waals surface area contributed by atoms with Gasteiger partial charge in [-0.2, -0.15) is 0 Å². The Hall–Kier alpha value is -2.80. The molecule has 1 aromatic carbocycles. The lowest BCUT2D eigenvalue weighted by atomic mass is 10.2. The van der Waals surface area contributed by atoms with Crippen LogP contribution in [0.2, 0.25) is 0 Å². The van der Waals surface area contributed by atoms with Crippen molar-refractivity contribution in [2.24, 2.45) is 0 Å². The van der Waals surface area contributed by atoms with E-state index in [1.54, 1.807) is 36.4 Å². The molecule has 1 aromatic heterocycles. The maximum absolute atomic E-state index is 12.0. The van der Waals surface area contributed by atoms with E-state index in [9.17, 15) is 14.7 Å². The summed E-state index contributed by atoms with van der Waals surface area (Å²) in [5, 5.41) is 15.4. The SMILES string of the molecule is CCOc1ccc(NC(=O)C[C@H]([NH2+]Cc2ccco2)C(=O)[O-])cc1. The molecule has 0 unspecified atom stereocenters. The summed E-state index contributed by atoms with van der Waals surface area (Å²) in [6.07, 6.45) is 1.31. The Balaban J connectivity index is 1.86. The average Bonchev–Trinajstić information content (AvgIpc) is 3.06. The van der Waals surface area contributed by atoms with E-state index in [4.69, 9.17) is 9.15 Å². The predicted octanol–water partition coefficient (Wildman–Crippen LogP) is -0.111. The van der Waals surface area contributed by atoms with Gasteiger partial charge in [-0.25, -0.2) is 0 Å². The van der Waals surface area contributed by atoms with Crippen LogP contribution in [-0.2, 0) is 16.1 Å². The van der Waals surface area contributed by atoms with Crippen LogP contribution in [0.5, 0.6) is 5.75 Å². The topological polar surface area (TPSA) is 108 Å². The normalized spacial score (nSPS) is 11.7. The van der Waals surface area contributed by atoms with Gasteiger partial charge in [0.15, 0.2) is 5.76 Å². The van der Waals surface area contributed by atoms with Crippen LogP contribution in [0.3, 0.4) is 0 Å². The van der Waals surface area contributed by atoms with Crippen molar-refractivity contribution in [3.63, 3.8) is 0 Å². The Morgan fingerprint density at radius 2 is 2.04 bits per heavy atom. The first-order chi connectivity index (χ1) is 11.6. The molecule has 7 heteroatoms. The number of aliphatic carboxylic acids is 1. The molecular formula is C17H20N2O5. The minimum Gasteiger partial charge on any atom is -0.544 e.